The molecule has 21 heavy (non-hydrogen) atoms. The minimum absolute atomic E-state index is 0.143. The van der Waals surface area contributed by atoms with Gasteiger partial charge in [-0.15, -0.1) is 0 Å². The zero-order chi connectivity index (χ0) is 15.0. The van der Waals surface area contributed by atoms with Crippen molar-refractivity contribution in [3.8, 4) is 0 Å². The molecule has 1 aliphatic heterocycles. The van der Waals surface area contributed by atoms with Crippen molar-refractivity contribution in [2.75, 3.05) is 26.7 Å². The summed E-state index contributed by atoms with van der Waals surface area (Å²) >= 11 is 0. The number of rotatable bonds is 7. The molecule has 2 saturated carbocycles. The summed E-state index contributed by atoms with van der Waals surface area (Å²) in [5.41, 5.74) is 0. The van der Waals surface area contributed by atoms with E-state index in [2.05, 4.69) is 5.32 Å². The first kappa shape index (κ1) is 15.7. The molecule has 0 aromatic carbocycles. The van der Waals surface area contributed by atoms with Crippen LogP contribution in [0, 0.1) is 11.8 Å². The van der Waals surface area contributed by atoms with Gasteiger partial charge in [0.15, 0.2) is 0 Å². The Labute approximate surface area is 129 Å². The monoisotopic (exact) mass is 315 g/mol. The maximum Gasteiger partial charge on any atom is 0.281 e. The molecule has 0 amide bonds. The molecule has 0 bridgehead atoms. The number of piperidine rings is 1. The quantitative estimate of drug-likeness (QED) is 0.773. The molecule has 0 radical (unpaired) electrons. The van der Waals surface area contributed by atoms with E-state index < -0.39 is 10.2 Å². The highest BCUT2D eigenvalue weighted by Gasteiger charge is 2.39. The van der Waals surface area contributed by atoms with E-state index >= 15 is 0 Å². The molecule has 1 N–H and O–H groups in total. The van der Waals surface area contributed by atoms with E-state index in [1.807, 2.05) is 6.92 Å². The maximum absolute atomic E-state index is 12.7. The molecule has 1 heterocycles. The zero-order valence-corrected chi connectivity index (χ0v) is 14.1. The summed E-state index contributed by atoms with van der Waals surface area (Å²) in [6.07, 6.45) is 6.97. The molecule has 1 saturated heterocycles. The van der Waals surface area contributed by atoms with Crippen LogP contribution in [0.25, 0.3) is 0 Å². The maximum atomic E-state index is 12.7. The van der Waals surface area contributed by atoms with Gasteiger partial charge in [-0.25, -0.2) is 0 Å². The van der Waals surface area contributed by atoms with Gasteiger partial charge in [0.25, 0.3) is 10.2 Å². The van der Waals surface area contributed by atoms with Crippen LogP contribution in [0.1, 0.15) is 45.4 Å². The topological polar surface area (TPSA) is 52.7 Å². The van der Waals surface area contributed by atoms with Crippen molar-refractivity contribution in [2.45, 2.75) is 57.5 Å². The third kappa shape index (κ3) is 3.78. The van der Waals surface area contributed by atoms with Gasteiger partial charge in [0, 0.05) is 32.2 Å². The third-order valence-corrected chi connectivity index (χ3v) is 7.49. The second-order valence-electron chi connectivity index (χ2n) is 7.13. The van der Waals surface area contributed by atoms with Crippen molar-refractivity contribution in [1.82, 2.24) is 13.9 Å². The molecule has 122 valence electrons. The Morgan fingerprint density at radius 2 is 1.76 bits per heavy atom. The van der Waals surface area contributed by atoms with E-state index in [0.29, 0.717) is 24.9 Å². The van der Waals surface area contributed by atoms with Crippen molar-refractivity contribution in [2.24, 2.45) is 11.8 Å². The molecular weight excluding hydrogens is 286 g/mol. The van der Waals surface area contributed by atoms with Crippen molar-refractivity contribution in [1.29, 1.82) is 0 Å². The molecule has 3 rings (SSSR count). The van der Waals surface area contributed by atoms with Gasteiger partial charge < -0.3 is 5.32 Å². The van der Waals surface area contributed by atoms with E-state index in [0.717, 1.165) is 25.4 Å². The molecule has 1 atom stereocenters. The standard InChI is InChI=1S/C15H29N3O2S/c1-12(14-3-4-14)17(2)21(19,20)18-9-7-13(8-10-18)11-16-15-5-6-15/h12-16H,3-11H2,1-2H3. The molecule has 6 heteroatoms. The van der Waals surface area contributed by atoms with E-state index in [1.54, 1.807) is 15.7 Å². The zero-order valence-electron chi connectivity index (χ0n) is 13.3. The SMILES string of the molecule is CC(C1CC1)N(C)S(=O)(=O)N1CCC(CNC2CC2)CC1. The summed E-state index contributed by atoms with van der Waals surface area (Å²) in [6, 6.07) is 0.890. The lowest BCUT2D eigenvalue weighted by molar-refractivity contribution is 0.242. The first-order valence-corrected chi connectivity index (χ1v) is 9.84. The van der Waals surface area contributed by atoms with Crippen LogP contribution in [-0.2, 0) is 10.2 Å². The van der Waals surface area contributed by atoms with Crippen LogP contribution < -0.4 is 5.32 Å². The van der Waals surface area contributed by atoms with Gasteiger partial charge >= 0.3 is 0 Å². The molecular formula is C15H29N3O2S. The number of hydrogen-bond donors (Lipinski definition) is 1. The smallest absolute Gasteiger partial charge is 0.281 e. The second kappa shape index (κ2) is 6.14. The Morgan fingerprint density at radius 1 is 1.14 bits per heavy atom. The first-order chi connectivity index (χ1) is 9.98. The summed E-state index contributed by atoms with van der Waals surface area (Å²) in [5, 5.41) is 3.57. The van der Waals surface area contributed by atoms with Crippen molar-refractivity contribution >= 4 is 10.2 Å². The normalized spacial score (nSPS) is 27.2. The van der Waals surface area contributed by atoms with Gasteiger partial charge in [0.1, 0.15) is 0 Å². The third-order valence-electron chi connectivity index (χ3n) is 5.41. The summed E-state index contributed by atoms with van der Waals surface area (Å²) in [4.78, 5) is 0. The van der Waals surface area contributed by atoms with Crippen LogP contribution in [-0.4, -0.2) is 55.8 Å². The van der Waals surface area contributed by atoms with E-state index in [-0.39, 0.29) is 6.04 Å². The molecule has 0 aromatic rings. The predicted molar refractivity (Wildman–Crippen MR) is 84.2 cm³/mol. The molecule has 1 unspecified atom stereocenters. The van der Waals surface area contributed by atoms with Gasteiger partial charge in [-0.05, 0) is 63.8 Å². The Morgan fingerprint density at radius 3 is 2.29 bits per heavy atom. The van der Waals surface area contributed by atoms with E-state index in [4.69, 9.17) is 0 Å². The molecule has 0 aromatic heterocycles. The minimum Gasteiger partial charge on any atom is -0.314 e. The number of nitrogens with zero attached hydrogens (tertiary/aromatic N) is 2. The molecule has 3 fully saturated rings. The van der Waals surface area contributed by atoms with Crippen molar-refractivity contribution in [3.05, 3.63) is 0 Å². The highest BCUT2D eigenvalue weighted by Crippen LogP contribution is 2.36. The summed E-state index contributed by atoms with van der Waals surface area (Å²) in [6.45, 7) is 4.47. The molecule has 0 spiro atoms. The van der Waals surface area contributed by atoms with Crippen LogP contribution >= 0.6 is 0 Å². The van der Waals surface area contributed by atoms with Crippen LogP contribution in [0.4, 0.5) is 0 Å². The van der Waals surface area contributed by atoms with E-state index in [1.165, 1.54) is 25.7 Å². The Hall–Kier alpha value is -0.170. The fourth-order valence-corrected chi connectivity index (χ4v) is 4.86. The van der Waals surface area contributed by atoms with E-state index in [9.17, 15) is 8.42 Å². The van der Waals surface area contributed by atoms with Gasteiger partial charge in [0.2, 0.25) is 0 Å². The highest BCUT2D eigenvalue weighted by molar-refractivity contribution is 7.86. The Balaban J connectivity index is 1.49. The Kier molecular flexibility index (Phi) is 4.60. The lowest BCUT2D eigenvalue weighted by Crippen LogP contribution is -2.49. The summed E-state index contributed by atoms with van der Waals surface area (Å²) in [7, 11) is -1.51. The van der Waals surface area contributed by atoms with Gasteiger partial charge in [-0.2, -0.15) is 17.0 Å². The largest absolute Gasteiger partial charge is 0.314 e. The lowest BCUT2D eigenvalue weighted by Gasteiger charge is -2.35. The van der Waals surface area contributed by atoms with Crippen LogP contribution in [0.3, 0.4) is 0 Å². The fraction of sp³-hybridized carbons (Fsp3) is 1.00. The van der Waals surface area contributed by atoms with Crippen LogP contribution in [0.5, 0.6) is 0 Å². The number of nitrogens with one attached hydrogen (secondary N) is 1. The number of hydrogen-bond acceptors (Lipinski definition) is 3. The average molecular weight is 315 g/mol. The molecule has 5 nitrogen and oxygen atoms in total. The van der Waals surface area contributed by atoms with Gasteiger partial charge in [0.05, 0.1) is 0 Å². The molecule has 2 aliphatic carbocycles. The average Bonchev–Trinajstić information content (AvgIpc) is 3.37. The van der Waals surface area contributed by atoms with Crippen molar-refractivity contribution in [3.63, 3.8) is 0 Å². The van der Waals surface area contributed by atoms with Gasteiger partial charge in [-0.1, -0.05) is 0 Å². The molecule has 3 aliphatic rings. The lowest BCUT2D eigenvalue weighted by atomic mass is 9.98. The Bertz CT molecular complexity index is 452. The van der Waals surface area contributed by atoms with Gasteiger partial charge in [-0.3, -0.25) is 0 Å². The van der Waals surface area contributed by atoms with Crippen LogP contribution in [0.15, 0.2) is 0 Å². The summed E-state index contributed by atoms with van der Waals surface area (Å²) < 4.78 is 28.7. The second-order valence-corrected chi connectivity index (χ2v) is 9.11. The van der Waals surface area contributed by atoms with Crippen LogP contribution in [0.2, 0.25) is 0 Å². The highest BCUT2D eigenvalue weighted by atomic mass is 32.2. The van der Waals surface area contributed by atoms with Crippen molar-refractivity contribution < 1.29 is 8.42 Å². The first-order valence-electron chi connectivity index (χ1n) is 8.45. The summed E-state index contributed by atoms with van der Waals surface area (Å²) in [5.74, 6) is 1.22. The minimum atomic E-state index is -3.26. The fourth-order valence-electron chi connectivity index (χ4n) is 3.23. The predicted octanol–water partition coefficient (Wildman–Crippen LogP) is 1.43.